The van der Waals surface area contributed by atoms with Crippen molar-refractivity contribution in [2.75, 3.05) is 25.1 Å². The Morgan fingerprint density at radius 3 is 2.76 bits per heavy atom. The first kappa shape index (κ1) is 26.0. The summed E-state index contributed by atoms with van der Waals surface area (Å²) in [4.78, 5) is 21.8. The second-order valence-corrected chi connectivity index (χ2v) is 10.2. The van der Waals surface area contributed by atoms with Crippen molar-refractivity contribution < 1.29 is 19.0 Å². The molecule has 13 heteroatoms. The molecule has 3 N–H and O–H groups in total. The lowest BCUT2D eigenvalue weighted by Gasteiger charge is -2.22. The minimum Gasteiger partial charge on any atom is -0.387 e. The Labute approximate surface area is 223 Å². The Morgan fingerprint density at radius 2 is 2.00 bits per heavy atom. The summed E-state index contributed by atoms with van der Waals surface area (Å²) in [5.74, 6) is -0.143. The van der Waals surface area contributed by atoms with Crippen LogP contribution in [0.2, 0.25) is 5.02 Å². The number of aromatic nitrogens is 6. The number of halogens is 2. The predicted molar refractivity (Wildman–Crippen MR) is 140 cm³/mol. The zero-order valence-electron chi connectivity index (χ0n) is 20.9. The van der Waals surface area contributed by atoms with Crippen LogP contribution in [0.3, 0.4) is 0 Å². The Hall–Kier alpha value is -3.61. The van der Waals surface area contributed by atoms with Gasteiger partial charge in [0.05, 0.1) is 52.5 Å². The van der Waals surface area contributed by atoms with Crippen LogP contribution in [0.4, 0.5) is 15.8 Å². The lowest BCUT2D eigenvalue weighted by molar-refractivity contribution is -0.00177. The van der Waals surface area contributed by atoms with Crippen LogP contribution in [0.25, 0.3) is 16.9 Å². The maximum atomic E-state index is 14.3. The Kier molecular flexibility index (Phi) is 7.28. The van der Waals surface area contributed by atoms with E-state index in [1.54, 1.807) is 24.5 Å². The van der Waals surface area contributed by atoms with E-state index < -0.39 is 17.7 Å². The molecule has 1 fully saturated rings. The molecule has 4 aromatic heterocycles. The van der Waals surface area contributed by atoms with Crippen LogP contribution in [-0.2, 0) is 4.74 Å². The number of fused-ring (bicyclic) bond motifs is 1. The molecule has 1 unspecified atom stereocenters. The first-order valence-electron chi connectivity index (χ1n) is 12.2. The Bertz CT molecular complexity index is 1440. The molecule has 5 rings (SSSR count). The molecule has 0 aromatic carbocycles. The first-order chi connectivity index (χ1) is 18.2. The summed E-state index contributed by atoms with van der Waals surface area (Å²) in [5.41, 5.74) is 0.214. The maximum Gasteiger partial charge on any atom is 0.255 e. The summed E-state index contributed by atoms with van der Waals surface area (Å²) in [5, 5.41) is 25.8. The SMILES string of the molecule is CC(C)(O)C(F)CNC(=O)c1cnc(-n2ncc3cc(Cl)cnc32)cc1Nc1cnn(C2CCOCC2)c1. The molecule has 11 nitrogen and oxygen atoms in total. The standard InChI is InChI=1S/C25H28ClFN8O3/c1-25(2,37)21(27)13-30-24(36)19-12-28-22(35-23-15(9-32-35)7-16(26)10-29-23)8-20(19)33-17-11-31-34(14-17)18-3-5-38-6-4-18/h7-12,14,18,21,37H,3-6,13H2,1-2H3,(H,28,33)(H,30,36). The molecule has 1 amide bonds. The van der Waals surface area contributed by atoms with Crippen LogP contribution in [-0.4, -0.2) is 72.1 Å². The van der Waals surface area contributed by atoms with E-state index in [1.807, 2.05) is 10.9 Å². The van der Waals surface area contributed by atoms with Gasteiger partial charge in [0, 0.05) is 43.3 Å². The van der Waals surface area contributed by atoms with Crippen molar-refractivity contribution in [2.24, 2.45) is 0 Å². The topological polar surface area (TPSA) is 132 Å². The summed E-state index contributed by atoms with van der Waals surface area (Å²) >= 11 is 6.06. The summed E-state index contributed by atoms with van der Waals surface area (Å²) in [7, 11) is 0. The lowest BCUT2D eigenvalue weighted by atomic mass is 10.0. The third-order valence-corrected chi connectivity index (χ3v) is 6.59. The van der Waals surface area contributed by atoms with Crippen LogP contribution in [0.1, 0.15) is 43.1 Å². The van der Waals surface area contributed by atoms with Crippen LogP contribution in [0, 0.1) is 0 Å². The summed E-state index contributed by atoms with van der Waals surface area (Å²) in [6, 6.07) is 3.63. The number of carbonyl (C=O) groups excluding carboxylic acids is 1. The molecule has 0 radical (unpaired) electrons. The second-order valence-electron chi connectivity index (χ2n) is 9.72. The number of pyridine rings is 2. The highest BCUT2D eigenvalue weighted by atomic mass is 35.5. The number of carbonyl (C=O) groups is 1. The minimum absolute atomic E-state index is 0.183. The number of nitrogens with one attached hydrogen (secondary N) is 2. The summed E-state index contributed by atoms with van der Waals surface area (Å²) < 4.78 is 23.2. The largest absolute Gasteiger partial charge is 0.387 e. The van der Waals surface area contributed by atoms with E-state index in [-0.39, 0.29) is 18.2 Å². The van der Waals surface area contributed by atoms with Gasteiger partial charge in [-0.2, -0.15) is 14.9 Å². The van der Waals surface area contributed by atoms with Gasteiger partial charge < -0.3 is 20.5 Å². The summed E-state index contributed by atoms with van der Waals surface area (Å²) in [6.45, 7) is 3.70. The van der Waals surface area contributed by atoms with Crippen LogP contribution in [0.15, 0.2) is 43.1 Å². The molecule has 1 aliphatic rings. The number of amides is 1. The zero-order valence-corrected chi connectivity index (χ0v) is 21.7. The van der Waals surface area contributed by atoms with E-state index in [1.165, 1.54) is 30.9 Å². The van der Waals surface area contributed by atoms with Gasteiger partial charge in [-0.05, 0) is 32.8 Å². The van der Waals surface area contributed by atoms with E-state index >= 15 is 0 Å². The molecule has 5 heterocycles. The average molecular weight is 543 g/mol. The highest BCUT2D eigenvalue weighted by Crippen LogP contribution is 2.27. The van der Waals surface area contributed by atoms with Crippen molar-refractivity contribution in [3.63, 3.8) is 0 Å². The second kappa shape index (κ2) is 10.6. The van der Waals surface area contributed by atoms with Gasteiger partial charge >= 0.3 is 0 Å². The average Bonchev–Trinajstić information content (AvgIpc) is 3.54. The Morgan fingerprint density at radius 1 is 1.21 bits per heavy atom. The number of alkyl halides is 1. The molecule has 0 saturated carbocycles. The number of hydrogen-bond donors (Lipinski definition) is 3. The molecule has 0 aliphatic carbocycles. The fourth-order valence-electron chi connectivity index (χ4n) is 4.14. The highest BCUT2D eigenvalue weighted by molar-refractivity contribution is 6.31. The van der Waals surface area contributed by atoms with Crippen LogP contribution >= 0.6 is 11.6 Å². The maximum absolute atomic E-state index is 14.3. The van der Waals surface area contributed by atoms with Gasteiger partial charge in [-0.1, -0.05) is 11.6 Å². The van der Waals surface area contributed by atoms with Gasteiger partial charge in [-0.25, -0.2) is 14.4 Å². The molecule has 0 spiro atoms. The highest BCUT2D eigenvalue weighted by Gasteiger charge is 2.27. The van der Waals surface area contributed by atoms with Gasteiger partial charge in [0.15, 0.2) is 11.5 Å². The smallest absolute Gasteiger partial charge is 0.255 e. The number of anilines is 2. The number of rotatable bonds is 8. The van der Waals surface area contributed by atoms with Crippen LogP contribution in [0.5, 0.6) is 0 Å². The van der Waals surface area contributed by atoms with Gasteiger partial charge in [0.25, 0.3) is 5.91 Å². The first-order valence-corrected chi connectivity index (χ1v) is 12.6. The van der Waals surface area contributed by atoms with Gasteiger partial charge in [0.1, 0.15) is 6.17 Å². The monoisotopic (exact) mass is 542 g/mol. The van der Waals surface area contributed by atoms with Crippen molar-refractivity contribution in [3.8, 4) is 5.82 Å². The molecule has 1 atom stereocenters. The molecule has 1 aliphatic heterocycles. The van der Waals surface area contributed by atoms with Crippen molar-refractivity contribution >= 4 is 39.9 Å². The third kappa shape index (κ3) is 5.62. The minimum atomic E-state index is -1.65. The van der Waals surface area contributed by atoms with Crippen molar-refractivity contribution in [2.45, 2.75) is 44.5 Å². The lowest BCUT2D eigenvalue weighted by Crippen LogP contribution is -2.42. The number of aliphatic hydroxyl groups is 1. The molecule has 1 saturated heterocycles. The van der Waals surface area contributed by atoms with Crippen molar-refractivity contribution in [3.05, 3.63) is 53.7 Å². The van der Waals surface area contributed by atoms with Crippen molar-refractivity contribution in [1.82, 2.24) is 34.8 Å². The molecular weight excluding hydrogens is 515 g/mol. The quantitative estimate of drug-likeness (QED) is 0.308. The fraction of sp³-hybridized carbons (Fsp3) is 0.400. The number of ether oxygens (including phenoxy) is 1. The van der Waals surface area contributed by atoms with E-state index in [4.69, 9.17) is 16.3 Å². The molecule has 4 aromatic rings. The molecule has 0 bridgehead atoms. The molecular formula is C25H28ClFN8O3. The number of nitrogens with zero attached hydrogens (tertiary/aromatic N) is 6. The van der Waals surface area contributed by atoms with E-state index in [9.17, 15) is 14.3 Å². The normalized spacial score (nSPS) is 15.5. The van der Waals surface area contributed by atoms with Gasteiger partial charge in [-0.15, -0.1) is 0 Å². The van der Waals surface area contributed by atoms with Crippen molar-refractivity contribution in [1.29, 1.82) is 0 Å². The van der Waals surface area contributed by atoms with Gasteiger partial charge in [0.2, 0.25) is 0 Å². The van der Waals surface area contributed by atoms with Gasteiger partial charge in [-0.3, -0.25) is 9.48 Å². The third-order valence-electron chi connectivity index (χ3n) is 6.38. The van der Waals surface area contributed by atoms with Crippen LogP contribution < -0.4 is 10.6 Å². The molecule has 38 heavy (non-hydrogen) atoms. The van der Waals surface area contributed by atoms with E-state index in [0.29, 0.717) is 41.1 Å². The fourth-order valence-corrected chi connectivity index (χ4v) is 4.31. The predicted octanol–water partition coefficient (Wildman–Crippen LogP) is 3.60. The number of hydrogen-bond acceptors (Lipinski definition) is 8. The zero-order chi connectivity index (χ0) is 26.9. The van der Waals surface area contributed by atoms with E-state index in [2.05, 4.69) is 30.8 Å². The van der Waals surface area contributed by atoms with E-state index in [0.717, 1.165) is 18.2 Å². The summed E-state index contributed by atoms with van der Waals surface area (Å²) in [6.07, 6.45) is 8.15. The Balaban J connectivity index is 1.46. The molecule has 200 valence electrons.